The highest BCUT2D eigenvalue weighted by molar-refractivity contribution is 5.95. The second-order valence-electron chi connectivity index (χ2n) is 4.41. The van der Waals surface area contributed by atoms with E-state index in [4.69, 9.17) is 0 Å². The zero-order valence-corrected chi connectivity index (χ0v) is 11.9. The molecule has 1 aromatic carbocycles. The predicted molar refractivity (Wildman–Crippen MR) is 81.9 cm³/mol. The van der Waals surface area contributed by atoms with Gasteiger partial charge in [0.2, 0.25) is 0 Å². The molecule has 0 aromatic heterocycles. The van der Waals surface area contributed by atoms with Crippen molar-refractivity contribution >= 4 is 17.7 Å². The van der Waals surface area contributed by atoms with E-state index in [0.717, 1.165) is 22.6 Å². The second kappa shape index (κ2) is 6.69. The molecule has 100 valence electrons. The Morgan fingerprint density at radius 1 is 1.37 bits per heavy atom. The van der Waals surface area contributed by atoms with E-state index in [0.29, 0.717) is 5.56 Å². The third-order valence-corrected chi connectivity index (χ3v) is 2.66. The fourth-order valence-corrected chi connectivity index (χ4v) is 1.68. The summed E-state index contributed by atoms with van der Waals surface area (Å²) < 4.78 is 0. The van der Waals surface area contributed by atoms with E-state index in [1.165, 1.54) is 0 Å². The zero-order chi connectivity index (χ0) is 14.4. The summed E-state index contributed by atoms with van der Waals surface area (Å²) in [5, 5.41) is 3.20. The molecule has 0 saturated heterocycles. The average molecular weight is 256 g/mol. The van der Waals surface area contributed by atoms with E-state index in [1.54, 1.807) is 13.1 Å². The molecule has 0 spiro atoms. The maximum absolute atomic E-state index is 11.4. The number of aliphatic imine (C=N–C) groups is 1. The predicted octanol–water partition coefficient (Wildman–Crippen LogP) is 4.12. The summed E-state index contributed by atoms with van der Waals surface area (Å²) in [5.74, 6) is 0.0518. The van der Waals surface area contributed by atoms with E-state index >= 15 is 0 Å². The Bertz CT molecular complexity index is 554. The highest BCUT2D eigenvalue weighted by Crippen LogP contribution is 2.19. The molecule has 0 fully saturated rings. The molecule has 0 saturated carbocycles. The minimum atomic E-state index is 0.0518. The van der Waals surface area contributed by atoms with E-state index in [2.05, 4.69) is 16.9 Å². The molecule has 0 aliphatic rings. The zero-order valence-electron chi connectivity index (χ0n) is 11.9. The Labute approximate surface area is 114 Å². The first-order valence-electron chi connectivity index (χ1n) is 6.18. The van der Waals surface area contributed by atoms with Gasteiger partial charge in [-0.25, -0.2) is 0 Å². The highest BCUT2D eigenvalue weighted by Gasteiger charge is 2.04. The number of Topliss-reactive ketones (excluding diaryl/α,β-unsaturated/α-hetero) is 1. The normalized spacial score (nSPS) is 11.7. The Hall–Kier alpha value is -2.16. The lowest BCUT2D eigenvalue weighted by Gasteiger charge is -2.11. The minimum absolute atomic E-state index is 0.0518. The maximum Gasteiger partial charge on any atom is 0.159 e. The third kappa shape index (κ3) is 4.54. The number of carbonyl (C=O) groups is 1. The minimum Gasteiger partial charge on any atom is -0.356 e. The quantitative estimate of drug-likeness (QED) is 0.489. The Morgan fingerprint density at radius 2 is 2.05 bits per heavy atom. The Balaban J connectivity index is 2.93. The van der Waals surface area contributed by atoms with E-state index < -0.39 is 0 Å². The highest BCUT2D eigenvalue weighted by atomic mass is 16.1. The molecule has 1 rings (SSSR count). The van der Waals surface area contributed by atoms with Crippen LogP contribution < -0.4 is 5.32 Å². The van der Waals surface area contributed by atoms with Crippen LogP contribution in [0.15, 0.2) is 47.2 Å². The van der Waals surface area contributed by atoms with Gasteiger partial charge in [0.1, 0.15) is 0 Å². The van der Waals surface area contributed by atoms with Crippen LogP contribution in [-0.2, 0) is 0 Å². The van der Waals surface area contributed by atoms with Gasteiger partial charge < -0.3 is 5.32 Å². The summed E-state index contributed by atoms with van der Waals surface area (Å²) in [5.41, 5.74) is 4.26. The van der Waals surface area contributed by atoms with Crippen molar-refractivity contribution in [3.63, 3.8) is 0 Å². The smallest absolute Gasteiger partial charge is 0.159 e. The summed E-state index contributed by atoms with van der Waals surface area (Å²) in [4.78, 5) is 15.5. The number of allylic oxidation sites excluding steroid dienone is 2. The van der Waals surface area contributed by atoms with Crippen LogP contribution in [0.3, 0.4) is 0 Å². The number of aryl methyl sites for hydroxylation is 1. The molecule has 0 unspecified atom stereocenters. The van der Waals surface area contributed by atoms with Gasteiger partial charge in [-0.15, -0.1) is 0 Å². The average Bonchev–Trinajstić information content (AvgIpc) is 2.31. The van der Waals surface area contributed by atoms with Gasteiger partial charge in [-0.2, -0.15) is 0 Å². The van der Waals surface area contributed by atoms with Crippen molar-refractivity contribution in [2.75, 3.05) is 5.32 Å². The van der Waals surface area contributed by atoms with E-state index in [1.807, 2.05) is 45.0 Å². The van der Waals surface area contributed by atoms with Crippen molar-refractivity contribution in [3.05, 3.63) is 53.4 Å². The summed E-state index contributed by atoms with van der Waals surface area (Å²) in [6.07, 6.45) is 3.60. The number of ketones is 1. The number of nitrogens with one attached hydrogen (secondary N) is 1. The number of benzene rings is 1. The van der Waals surface area contributed by atoms with Crippen LogP contribution in [0, 0.1) is 6.92 Å². The van der Waals surface area contributed by atoms with Crippen LogP contribution in [0.2, 0.25) is 0 Å². The molecular weight excluding hydrogens is 236 g/mol. The van der Waals surface area contributed by atoms with Crippen molar-refractivity contribution < 1.29 is 4.79 Å². The fraction of sp³-hybridized carbons (Fsp3) is 0.250. The van der Waals surface area contributed by atoms with Gasteiger partial charge in [0.05, 0.1) is 0 Å². The monoisotopic (exact) mass is 256 g/mol. The maximum atomic E-state index is 11.4. The molecule has 0 aliphatic heterocycles. The Kier molecular flexibility index (Phi) is 5.24. The number of carbonyl (C=O) groups excluding carboxylic acids is 1. The Morgan fingerprint density at radius 3 is 2.63 bits per heavy atom. The fourth-order valence-electron chi connectivity index (χ4n) is 1.68. The molecule has 0 atom stereocenters. The molecule has 3 nitrogen and oxygen atoms in total. The van der Waals surface area contributed by atoms with Gasteiger partial charge in [0, 0.05) is 28.9 Å². The van der Waals surface area contributed by atoms with Gasteiger partial charge in [0.15, 0.2) is 5.78 Å². The van der Waals surface area contributed by atoms with E-state index in [9.17, 15) is 4.79 Å². The van der Waals surface area contributed by atoms with Gasteiger partial charge in [-0.3, -0.25) is 9.79 Å². The number of hydrogen-bond acceptors (Lipinski definition) is 3. The first-order chi connectivity index (χ1) is 8.93. The third-order valence-electron chi connectivity index (χ3n) is 2.66. The molecule has 1 N–H and O–H groups in total. The van der Waals surface area contributed by atoms with Crippen LogP contribution in [0.25, 0.3) is 0 Å². The lowest BCUT2D eigenvalue weighted by atomic mass is 10.1. The standard InChI is InChI=1S/C16H20N2O/c1-6-17-12(3)9-13(4)18-16-10-15(14(5)19)8-7-11(16)2/h6-10,18H,4H2,1-3,5H3/b12-9-,17-6?. The van der Waals surface area contributed by atoms with Gasteiger partial charge in [-0.05, 0) is 45.4 Å². The van der Waals surface area contributed by atoms with Crippen molar-refractivity contribution in [1.29, 1.82) is 0 Å². The topological polar surface area (TPSA) is 41.5 Å². The van der Waals surface area contributed by atoms with Gasteiger partial charge >= 0.3 is 0 Å². The van der Waals surface area contributed by atoms with Crippen LogP contribution in [0.4, 0.5) is 5.69 Å². The summed E-state index contributed by atoms with van der Waals surface area (Å²) >= 11 is 0. The van der Waals surface area contributed by atoms with Crippen molar-refractivity contribution in [3.8, 4) is 0 Å². The van der Waals surface area contributed by atoms with Crippen LogP contribution in [-0.4, -0.2) is 12.0 Å². The van der Waals surface area contributed by atoms with Crippen LogP contribution in [0.1, 0.15) is 36.7 Å². The second-order valence-corrected chi connectivity index (χ2v) is 4.41. The summed E-state index contributed by atoms with van der Waals surface area (Å²) in [7, 11) is 0. The largest absolute Gasteiger partial charge is 0.356 e. The SMILES string of the molecule is C=C(/C=C(/C)N=CC)Nc1cc(C(C)=O)ccc1C. The van der Waals surface area contributed by atoms with Crippen molar-refractivity contribution in [2.45, 2.75) is 27.7 Å². The summed E-state index contributed by atoms with van der Waals surface area (Å²) in [6, 6.07) is 5.59. The van der Waals surface area contributed by atoms with E-state index in [-0.39, 0.29) is 5.78 Å². The molecular formula is C16H20N2O. The first-order valence-corrected chi connectivity index (χ1v) is 6.18. The van der Waals surface area contributed by atoms with Gasteiger partial charge in [-0.1, -0.05) is 18.7 Å². The number of nitrogens with zero attached hydrogens (tertiary/aromatic N) is 1. The molecule has 0 radical (unpaired) electrons. The first kappa shape index (κ1) is 14.9. The number of hydrogen-bond donors (Lipinski definition) is 1. The van der Waals surface area contributed by atoms with Crippen LogP contribution >= 0.6 is 0 Å². The summed E-state index contributed by atoms with van der Waals surface area (Å²) in [6.45, 7) is 11.3. The molecule has 1 aromatic rings. The molecule has 0 amide bonds. The lowest BCUT2D eigenvalue weighted by Crippen LogP contribution is -2.01. The van der Waals surface area contributed by atoms with Crippen molar-refractivity contribution in [1.82, 2.24) is 0 Å². The lowest BCUT2D eigenvalue weighted by molar-refractivity contribution is 0.101. The molecule has 0 bridgehead atoms. The molecule has 0 heterocycles. The van der Waals surface area contributed by atoms with Crippen LogP contribution in [0.5, 0.6) is 0 Å². The number of rotatable bonds is 5. The molecule has 19 heavy (non-hydrogen) atoms. The molecule has 0 aliphatic carbocycles. The molecule has 3 heteroatoms. The van der Waals surface area contributed by atoms with Crippen molar-refractivity contribution in [2.24, 2.45) is 4.99 Å². The van der Waals surface area contributed by atoms with Gasteiger partial charge in [0.25, 0.3) is 0 Å². The number of anilines is 1.